The molecule has 0 atom stereocenters. The first-order valence-electron chi connectivity index (χ1n) is 5.66. The van der Waals surface area contributed by atoms with Crippen molar-refractivity contribution in [2.75, 3.05) is 13.2 Å². The van der Waals surface area contributed by atoms with Gasteiger partial charge in [-0.1, -0.05) is 41.6 Å². The van der Waals surface area contributed by atoms with Crippen LogP contribution in [0.1, 0.15) is 12.8 Å². The predicted octanol–water partition coefficient (Wildman–Crippen LogP) is 1.88. The van der Waals surface area contributed by atoms with Crippen molar-refractivity contribution in [1.82, 2.24) is 0 Å². The van der Waals surface area contributed by atoms with Crippen molar-refractivity contribution < 1.29 is 4.74 Å². The highest BCUT2D eigenvalue weighted by Gasteiger charge is 1.93. The van der Waals surface area contributed by atoms with Gasteiger partial charge in [0.05, 0.1) is 9.52 Å². The van der Waals surface area contributed by atoms with Crippen LogP contribution in [0.3, 0.4) is 0 Å². The molecule has 0 amide bonds. The second-order valence-electron chi connectivity index (χ2n) is 3.63. The third-order valence-electron chi connectivity index (χ3n) is 2.29. The molecule has 0 unspecified atom stereocenters. The summed E-state index contributed by atoms with van der Waals surface area (Å²) in [5.74, 6) is 0. The van der Waals surface area contributed by atoms with E-state index in [1.54, 1.807) is 0 Å². The number of hydrogen-bond donors (Lipinski definition) is 0. The molecule has 0 aliphatic rings. The highest BCUT2D eigenvalue weighted by Crippen LogP contribution is 1.92. The highest BCUT2D eigenvalue weighted by atomic mass is 28.2. The van der Waals surface area contributed by atoms with Crippen molar-refractivity contribution in [2.45, 2.75) is 18.9 Å². The van der Waals surface area contributed by atoms with Crippen molar-refractivity contribution in [3.05, 3.63) is 43.0 Å². The second kappa shape index (κ2) is 8.45. The zero-order valence-corrected chi connectivity index (χ0v) is 10.7. The Morgan fingerprint density at radius 2 is 2.00 bits per heavy atom. The Balaban J connectivity index is 1.95. The van der Waals surface area contributed by atoms with Gasteiger partial charge in [-0.3, -0.25) is 0 Å². The standard InChI is InChI=1S/C13H20OSi/c1-2-3-7-10-14-11-12-15-13-8-5-4-6-9-13/h2,4-6,8-9H,1,3,7,10-12,15H2. The molecule has 0 heterocycles. The zero-order chi connectivity index (χ0) is 10.8. The van der Waals surface area contributed by atoms with Crippen molar-refractivity contribution >= 4 is 14.7 Å². The Bertz CT molecular complexity index is 258. The minimum Gasteiger partial charge on any atom is -0.382 e. The van der Waals surface area contributed by atoms with Gasteiger partial charge in [-0.15, -0.1) is 6.58 Å². The van der Waals surface area contributed by atoms with Gasteiger partial charge in [0.15, 0.2) is 0 Å². The van der Waals surface area contributed by atoms with E-state index in [0.29, 0.717) is 0 Å². The Kier molecular flexibility index (Phi) is 6.87. The molecule has 0 aliphatic carbocycles. The molecular formula is C13H20OSi. The molecule has 0 fully saturated rings. The van der Waals surface area contributed by atoms with Gasteiger partial charge < -0.3 is 4.74 Å². The lowest BCUT2D eigenvalue weighted by Crippen LogP contribution is -2.14. The van der Waals surface area contributed by atoms with Gasteiger partial charge in [0.1, 0.15) is 0 Å². The van der Waals surface area contributed by atoms with E-state index >= 15 is 0 Å². The first-order valence-corrected chi connectivity index (χ1v) is 7.37. The Hall–Kier alpha value is -0.863. The number of ether oxygens (including phenoxy) is 1. The third-order valence-corrected chi connectivity index (χ3v) is 3.98. The fourth-order valence-corrected chi connectivity index (χ4v) is 2.82. The second-order valence-corrected chi connectivity index (χ2v) is 5.66. The first-order chi connectivity index (χ1) is 7.43. The molecule has 1 rings (SSSR count). The van der Waals surface area contributed by atoms with E-state index in [9.17, 15) is 0 Å². The monoisotopic (exact) mass is 220 g/mol. The fourth-order valence-electron chi connectivity index (χ4n) is 1.45. The summed E-state index contributed by atoms with van der Waals surface area (Å²) in [5, 5.41) is 1.53. The van der Waals surface area contributed by atoms with Gasteiger partial charge in [0, 0.05) is 13.2 Å². The molecule has 0 N–H and O–H groups in total. The summed E-state index contributed by atoms with van der Waals surface area (Å²) < 4.78 is 5.54. The van der Waals surface area contributed by atoms with Gasteiger partial charge in [0.25, 0.3) is 0 Å². The molecule has 0 bridgehead atoms. The summed E-state index contributed by atoms with van der Waals surface area (Å²) in [7, 11) is -0.0960. The summed E-state index contributed by atoms with van der Waals surface area (Å²) in [6.07, 6.45) is 4.12. The van der Waals surface area contributed by atoms with Gasteiger partial charge in [0.2, 0.25) is 0 Å². The van der Waals surface area contributed by atoms with Crippen LogP contribution >= 0.6 is 0 Å². The van der Waals surface area contributed by atoms with Crippen LogP contribution in [0, 0.1) is 0 Å². The largest absolute Gasteiger partial charge is 0.382 e. The van der Waals surface area contributed by atoms with E-state index in [2.05, 4.69) is 36.9 Å². The summed E-state index contributed by atoms with van der Waals surface area (Å²) in [4.78, 5) is 0. The number of benzene rings is 1. The number of rotatable bonds is 8. The van der Waals surface area contributed by atoms with Gasteiger partial charge >= 0.3 is 0 Å². The molecule has 1 nitrogen and oxygen atoms in total. The van der Waals surface area contributed by atoms with Crippen LogP contribution < -0.4 is 5.19 Å². The smallest absolute Gasteiger partial charge is 0.0570 e. The maximum Gasteiger partial charge on any atom is 0.0570 e. The van der Waals surface area contributed by atoms with Crippen LogP contribution in [0.15, 0.2) is 43.0 Å². The fraction of sp³-hybridized carbons (Fsp3) is 0.385. The third kappa shape index (κ3) is 6.26. The molecule has 82 valence electrons. The Morgan fingerprint density at radius 3 is 2.73 bits per heavy atom. The molecule has 0 spiro atoms. The number of allylic oxidation sites excluding steroid dienone is 1. The molecule has 1 aromatic carbocycles. The lowest BCUT2D eigenvalue weighted by molar-refractivity contribution is 0.146. The van der Waals surface area contributed by atoms with Crippen molar-refractivity contribution in [2.24, 2.45) is 0 Å². The maximum absolute atomic E-state index is 5.54. The molecule has 0 saturated heterocycles. The van der Waals surface area contributed by atoms with E-state index in [0.717, 1.165) is 26.1 Å². The first kappa shape index (κ1) is 12.2. The van der Waals surface area contributed by atoms with E-state index in [4.69, 9.17) is 4.74 Å². The van der Waals surface area contributed by atoms with Gasteiger partial charge in [-0.25, -0.2) is 0 Å². The summed E-state index contributed by atoms with van der Waals surface area (Å²) in [5.41, 5.74) is 0. The quantitative estimate of drug-likeness (QED) is 0.369. The average molecular weight is 220 g/mol. The topological polar surface area (TPSA) is 9.23 Å². The molecular weight excluding hydrogens is 200 g/mol. The molecule has 2 heteroatoms. The van der Waals surface area contributed by atoms with E-state index in [1.165, 1.54) is 11.2 Å². The van der Waals surface area contributed by atoms with Crippen LogP contribution in [-0.4, -0.2) is 22.7 Å². The summed E-state index contributed by atoms with van der Waals surface area (Å²) in [6, 6.07) is 12.0. The highest BCUT2D eigenvalue weighted by molar-refractivity contribution is 6.53. The van der Waals surface area contributed by atoms with Crippen molar-refractivity contribution in [3.8, 4) is 0 Å². The molecule has 0 aromatic heterocycles. The van der Waals surface area contributed by atoms with E-state index in [-0.39, 0.29) is 9.52 Å². The SMILES string of the molecule is C=CCCCOCC[SiH2]c1ccccc1. The lowest BCUT2D eigenvalue weighted by atomic mass is 10.3. The number of hydrogen-bond acceptors (Lipinski definition) is 1. The molecule has 15 heavy (non-hydrogen) atoms. The molecule has 1 aromatic rings. The Morgan fingerprint density at radius 1 is 1.20 bits per heavy atom. The zero-order valence-electron chi connectivity index (χ0n) is 9.32. The minimum atomic E-state index is -0.0960. The molecule has 0 radical (unpaired) electrons. The summed E-state index contributed by atoms with van der Waals surface area (Å²) in [6.45, 7) is 5.50. The molecule has 0 saturated carbocycles. The Labute approximate surface area is 95.0 Å². The molecule has 0 aliphatic heterocycles. The van der Waals surface area contributed by atoms with Crippen LogP contribution in [0.4, 0.5) is 0 Å². The summed E-state index contributed by atoms with van der Waals surface area (Å²) >= 11 is 0. The maximum atomic E-state index is 5.54. The number of unbranched alkanes of at least 4 members (excludes halogenated alkanes) is 1. The van der Waals surface area contributed by atoms with Crippen molar-refractivity contribution in [3.63, 3.8) is 0 Å². The van der Waals surface area contributed by atoms with E-state index < -0.39 is 0 Å². The van der Waals surface area contributed by atoms with Crippen LogP contribution in [0.2, 0.25) is 6.04 Å². The van der Waals surface area contributed by atoms with Gasteiger partial charge in [-0.05, 0) is 18.9 Å². The minimum absolute atomic E-state index is 0.0960. The average Bonchev–Trinajstić information content (AvgIpc) is 2.29. The normalized spacial score (nSPS) is 10.9. The predicted molar refractivity (Wildman–Crippen MR) is 69.7 cm³/mol. The van der Waals surface area contributed by atoms with Crippen LogP contribution in [0.25, 0.3) is 0 Å². The van der Waals surface area contributed by atoms with Crippen molar-refractivity contribution in [1.29, 1.82) is 0 Å². The van der Waals surface area contributed by atoms with Gasteiger partial charge in [-0.2, -0.15) is 0 Å². The van der Waals surface area contributed by atoms with Crippen LogP contribution in [-0.2, 0) is 4.74 Å². The van der Waals surface area contributed by atoms with E-state index in [1.807, 2.05) is 6.08 Å². The van der Waals surface area contributed by atoms with Crippen LogP contribution in [0.5, 0.6) is 0 Å². The lowest BCUT2D eigenvalue weighted by Gasteiger charge is -2.02.